The summed E-state index contributed by atoms with van der Waals surface area (Å²) >= 11 is 3.60. The number of hydrogen-bond donors (Lipinski definition) is 0. The molecule has 0 saturated heterocycles. The summed E-state index contributed by atoms with van der Waals surface area (Å²) in [7, 11) is 0. The van der Waals surface area contributed by atoms with Crippen LogP contribution in [0.25, 0.3) is 0 Å². The number of thioether (sulfide) groups is 2. The van der Waals surface area contributed by atoms with Gasteiger partial charge in [-0.2, -0.15) is 0 Å². The first kappa shape index (κ1) is 40.7. The molecule has 2 bridgehead atoms. The second-order valence-electron chi connectivity index (χ2n) is 14.3. The first-order valence-corrected chi connectivity index (χ1v) is 21.8. The van der Waals surface area contributed by atoms with Gasteiger partial charge in [0.1, 0.15) is 18.1 Å². The summed E-state index contributed by atoms with van der Waals surface area (Å²) in [4.78, 5) is 41.8. The number of ether oxygens (including phenoxy) is 3. The van der Waals surface area contributed by atoms with Crippen molar-refractivity contribution in [1.29, 1.82) is 0 Å². The largest absolute Gasteiger partial charge is 0.460 e. The van der Waals surface area contributed by atoms with E-state index in [9.17, 15) is 14.4 Å². The standard InChI is InChI=1S/C45H56O6S2/c1-3-5-7-9-11-13-27-52-39-22-17-34(18-23-39)43(46)50-38-21-26-42(37(31-38)32-49-45(48)41-30-33-15-16-36(41)29-33)51-44(47)35-19-24-40(25-20-35)53-28-14-12-10-8-6-4-2/h15-26,31,33,36,41H,3-14,27-30,32H2,1-2H3. The van der Waals surface area contributed by atoms with Crippen LogP contribution in [0.5, 0.6) is 11.5 Å². The summed E-state index contributed by atoms with van der Waals surface area (Å²) in [5.74, 6) is 1.86. The molecule has 0 aromatic heterocycles. The molecule has 0 heterocycles. The van der Waals surface area contributed by atoms with Gasteiger partial charge in [0.05, 0.1) is 17.0 Å². The maximum Gasteiger partial charge on any atom is 0.343 e. The first-order chi connectivity index (χ1) is 25.9. The molecule has 0 N–H and O–H groups in total. The lowest BCUT2D eigenvalue weighted by Crippen LogP contribution is -2.21. The Kier molecular flexibility index (Phi) is 16.9. The van der Waals surface area contributed by atoms with Gasteiger partial charge in [-0.05, 0) is 116 Å². The molecule has 6 nitrogen and oxygen atoms in total. The van der Waals surface area contributed by atoms with Gasteiger partial charge >= 0.3 is 17.9 Å². The summed E-state index contributed by atoms with van der Waals surface area (Å²) in [6, 6.07) is 19.8. The number of carbonyl (C=O) groups is 3. The molecule has 3 aromatic carbocycles. The zero-order valence-electron chi connectivity index (χ0n) is 31.5. The summed E-state index contributed by atoms with van der Waals surface area (Å²) in [5.41, 5.74) is 1.31. The number of esters is 3. The van der Waals surface area contributed by atoms with Crippen LogP contribution in [0.2, 0.25) is 0 Å². The minimum Gasteiger partial charge on any atom is -0.460 e. The van der Waals surface area contributed by atoms with Crippen LogP contribution in [0.1, 0.15) is 130 Å². The number of carbonyl (C=O) groups excluding carboxylic acids is 3. The van der Waals surface area contributed by atoms with E-state index in [0.717, 1.165) is 34.1 Å². The molecule has 284 valence electrons. The normalized spacial score (nSPS) is 17.2. The molecule has 3 atom stereocenters. The van der Waals surface area contributed by atoms with Crippen LogP contribution in [0.4, 0.5) is 0 Å². The zero-order chi connectivity index (χ0) is 37.3. The smallest absolute Gasteiger partial charge is 0.343 e. The van der Waals surface area contributed by atoms with E-state index in [1.54, 1.807) is 66.0 Å². The second-order valence-corrected chi connectivity index (χ2v) is 16.7. The predicted molar refractivity (Wildman–Crippen MR) is 216 cm³/mol. The number of allylic oxidation sites excluding steroid dienone is 2. The molecule has 5 rings (SSSR count). The van der Waals surface area contributed by atoms with Crippen molar-refractivity contribution in [3.63, 3.8) is 0 Å². The molecule has 3 unspecified atom stereocenters. The monoisotopic (exact) mass is 756 g/mol. The lowest BCUT2D eigenvalue weighted by Gasteiger charge is -2.18. The van der Waals surface area contributed by atoms with Crippen LogP contribution in [-0.4, -0.2) is 29.4 Å². The Hall–Kier alpha value is -3.49. The van der Waals surface area contributed by atoms with Crippen molar-refractivity contribution in [1.82, 2.24) is 0 Å². The number of benzene rings is 3. The highest BCUT2D eigenvalue weighted by molar-refractivity contribution is 7.99. The van der Waals surface area contributed by atoms with E-state index < -0.39 is 11.9 Å². The Morgan fingerprint density at radius 3 is 1.70 bits per heavy atom. The van der Waals surface area contributed by atoms with E-state index in [2.05, 4.69) is 26.0 Å². The van der Waals surface area contributed by atoms with Gasteiger partial charge in [-0.1, -0.05) is 90.2 Å². The fourth-order valence-corrected chi connectivity index (χ4v) is 8.81. The first-order valence-electron chi connectivity index (χ1n) is 19.8. The zero-order valence-corrected chi connectivity index (χ0v) is 33.2. The summed E-state index contributed by atoms with van der Waals surface area (Å²) in [6.07, 6.45) is 21.3. The Balaban J connectivity index is 1.18. The van der Waals surface area contributed by atoms with E-state index in [-0.39, 0.29) is 35.9 Å². The Bertz CT molecular complexity index is 1630. The van der Waals surface area contributed by atoms with Crippen LogP contribution in [0, 0.1) is 17.8 Å². The number of rotatable bonds is 23. The molecule has 0 spiro atoms. The predicted octanol–water partition coefficient (Wildman–Crippen LogP) is 12.3. The molecule has 53 heavy (non-hydrogen) atoms. The fourth-order valence-electron chi connectivity index (χ4n) is 6.98. The molecule has 0 aliphatic heterocycles. The van der Waals surface area contributed by atoms with E-state index in [1.807, 2.05) is 24.3 Å². The average Bonchev–Trinajstić information content (AvgIpc) is 3.82. The van der Waals surface area contributed by atoms with Gasteiger partial charge < -0.3 is 14.2 Å². The lowest BCUT2D eigenvalue weighted by atomic mass is 9.94. The van der Waals surface area contributed by atoms with E-state index in [0.29, 0.717) is 22.6 Å². The summed E-state index contributed by atoms with van der Waals surface area (Å²) in [6.45, 7) is 4.36. The van der Waals surface area contributed by atoms with Crippen LogP contribution in [0.3, 0.4) is 0 Å². The van der Waals surface area contributed by atoms with Crippen LogP contribution in [0.15, 0.2) is 88.7 Å². The highest BCUT2D eigenvalue weighted by atomic mass is 32.2. The Morgan fingerprint density at radius 2 is 1.17 bits per heavy atom. The molecule has 0 amide bonds. The number of unbranched alkanes of at least 4 members (excludes halogenated alkanes) is 10. The van der Waals surface area contributed by atoms with Crippen molar-refractivity contribution >= 4 is 41.4 Å². The molecular formula is C45H56O6S2. The fraction of sp³-hybridized carbons (Fsp3) is 0.489. The van der Waals surface area contributed by atoms with Gasteiger partial charge in [0.2, 0.25) is 0 Å². The van der Waals surface area contributed by atoms with Crippen molar-refractivity contribution in [2.24, 2.45) is 17.8 Å². The molecule has 3 aromatic rings. The van der Waals surface area contributed by atoms with Gasteiger partial charge in [0.25, 0.3) is 0 Å². The SMILES string of the molecule is CCCCCCCCSc1ccc(C(=O)Oc2ccc(OC(=O)c3ccc(SCCCCCCCC)cc3)c(COC(=O)C3CC4C=CC3C4)c2)cc1. The minimum absolute atomic E-state index is 0.108. The van der Waals surface area contributed by atoms with Gasteiger partial charge in [-0.25, -0.2) is 9.59 Å². The topological polar surface area (TPSA) is 78.9 Å². The maximum atomic E-state index is 13.3. The molecule has 1 saturated carbocycles. The van der Waals surface area contributed by atoms with Gasteiger partial charge in [0.15, 0.2) is 0 Å². The van der Waals surface area contributed by atoms with Crippen molar-refractivity contribution in [2.45, 2.75) is 120 Å². The molecule has 2 aliphatic rings. The van der Waals surface area contributed by atoms with E-state index >= 15 is 0 Å². The average molecular weight is 757 g/mol. The maximum absolute atomic E-state index is 13.3. The van der Waals surface area contributed by atoms with Crippen molar-refractivity contribution in [2.75, 3.05) is 11.5 Å². The molecule has 0 radical (unpaired) electrons. The van der Waals surface area contributed by atoms with E-state index in [1.165, 1.54) is 77.0 Å². The third kappa shape index (κ3) is 13.1. The van der Waals surface area contributed by atoms with Gasteiger partial charge in [-0.15, -0.1) is 23.5 Å². The van der Waals surface area contributed by atoms with Gasteiger partial charge in [0, 0.05) is 15.4 Å². The van der Waals surface area contributed by atoms with E-state index in [4.69, 9.17) is 14.2 Å². The van der Waals surface area contributed by atoms with Crippen LogP contribution < -0.4 is 9.47 Å². The molecule has 1 fully saturated rings. The third-order valence-electron chi connectivity index (χ3n) is 10.1. The van der Waals surface area contributed by atoms with Crippen LogP contribution in [-0.2, 0) is 16.1 Å². The third-order valence-corrected chi connectivity index (χ3v) is 12.3. The second kappa shape index (κ2) is 22.0. The van der Waals surface area contributed by atoms with Crippen molar-refractivity contribution in [3.8, 4) is 11.5 Å². The Morgan fingerprint density at radius 1 is 0.623 bits per heavy atom. The number of hydrogen-bond acceptors (Lipinski definition) is 8. The summed E-state index contributed by atoms with van der Waals surface area (Å²) in [5, 5.41) is 0. The van der Waals surface area contributed by atoms with Crippen molar-refractivity contribution in [3.05, 3.63) is 95.6 Å². The summed E-state index contributed by atoms with van der Waals surface area (Å²) < 4.78 is 17.4. The number of fused-ring (bicyclic) bond motifs is 2. The minimum atomic E-state index is -0.512. The molecule has 8 heteroatoms. The van der Waals surface area contributed by atoms with Gasteiger partial charge in [-0.3, -0.25) is 4.79 Å². The lowest BCUT2D eigenvalue weighted by molar-refractivity contribution is -0.150. The quantitative estimate of drug-likeness (QED) is 0.0311. The Labute approximate surface area is 325 Å². The van der Waals surface area contributed by atoms with Crippen molar-refractivity contribution < 1.29 is 28.6 Å². The highest BCUT2D eigenvalue weighted by Crippen LogP contribution is 2.44. The molecular weight excluding hydrogens is 701 g/mol. The highest BCUT2D eigenvalue weighted by Gasteiger charge is 2.40. The van der Waals surface area contributed by atoms with Crippen LogP contribution >= 0.6 is 23.5 Å². The molecule has 2 aliphatic carbocycles.